The van der Waals surface area contributed by atoms with Crippen molar-refractivity contribution in [2.45, 2.75) is 32.2 Å². The first-order chi connectivity index (χ1) is 6.36. The molecular weight excluding hydrogens is 158 g/mol. The molecule has 0 amide bonds. The van der Waals surface area contributed by atoms with Crippen molar-refractivity contribution in [1.29, 1.82) is 0 Å². The van der Waals surface area contributed by atoms with Gasteiger partial charge in [0, 0.05) is 6.04 Å². The molecule has 1 nitrogen and oxygen atoms in total. The number of nitrogens with one attached hydrogen (secondary N) is 1. The number of aryl methyl sites for hydroxylation is 1. The predicted octanol–water partition coefficient (Wildman–Crippen LogP) is 2.29. The highest BCUT2D eigenvalue weighted by Gasteiger charge is 2.14. The van der Waals surface area contributed by atoms with Crippen molar-refractivity contribution in [1.82, 2.24) is 5.32 Å². The average Bonchev–Trinajstić information content (AvgIpc) is 2.61. The van der Waals surface area contributed by atoms with Crippen LogP contribution in [0.5, 0.6) is 0 Å². The minimum absolute atomic E-state index is 0.723. The number of rotatable bonds is 2. The monoisotopic (exact) mass is 175 g/mol. The lowest BCUT2D eigenvalue weighted by Crippen LogP contribution is -2.23. The Morgan fingerprint density at radius 2 is 2.23 bits per heavy atom. The summed E-state index contributed by atoms with van der Waals surface area (Å²) < 4.78 is 0. The normalized spacial score (nSPS) is 22.1. The van der Waals surface area contributed by atoms with Gasteiger partial charge in [0.2, 0.25) is 0 Å². The molecule has 0 radical (unpaired) electrons. The first-order valence-electron chi connectivity index (χ1n) is 5.14. The summed E-state index contributed by atoms with van der Waals surface area (Å²) >= 11 is 0. The van der Waals surface area contributed by atoms with E-state index in [2.05, 4.69) is 36.5 Å². The minimum atomic E-state index is 0.723. The van der Waals surface area contributed by atoms with Crippen LogP contribution in [0, 0.1) is 6.92 Å². The van der Waals surface area contributed by atoms with Crippen molar-refractivity contribution in [2.75, 3.05) is 6.54 Å². The first-order valence-corrected chi connectivity index (χ1v) is 5.14. The van der Waals surface area contributed by atoms with E-state index in [1.165, 1.54) is 36.9 Å². The van der Waals surface area contributed by atoms with Crippen LogP contribution in [-0.4, -0.2) is 12.6 Å². The quantitative estimate of drug-likeness (QED) is 0.727. The molecular formula is C12H17N. The predicted molar refractivity (Wildman–Crippen MR) is 55.9 cm³/mol. The maximum absolute atomic E-state index is 3.53. The van der Waals surface area contributed by atoms with Crippen LogP contribution in [0.4, 0.5) is 0 Å². The van der Waals surface area contributed by atoms with Crippen molar-refractivity contribution in [3.05, 3.63) is 35.4 Å². The molecule has 1 aliphatic heterocycles. The fourth-order valence-electron chi connectivity index (χ4n) is 2.04. The van der Waals surface area contributed by atoms with E-state index < -0.39 is 0 Å². The van der Waals surface area contributed by atoms with Gasteiger partial charge in [-0.1, -0.05) is 24.3 Å². The van der Waals surface area contributed by atoms with Gasteiger partial charge in [-0.3, -0.25) is 0 Å². The Balaban J connectivity index is 2.04. The Morgan fingerprint density at radius 3 is 2.92 bits per heavy atom. The highest BCUT2D eigenvalue weighted by Crippen LogP contribution is 2.14. The van der Waals surface area contributed by atoms with Gasteiger partial charge in [0.25, 0.3) is 0 Å². The van der Waals surface area contributed by atoms with Crippen LogP contribution in [0.25, 0.3) is 0 Å². The van der Waals surface area contributed by atoms with Crippen LogP contribution in [0.2, 0.25) is 0 Å². The zero-order valence-corrected chi connectivity index (χ0v) is 8.22. The second-order valence-electron chi connectivity index (χ2n) is 3.92. The summed E-state index contributed by atoms with van der Waals surface area (Å²) in [5.41, 5.74) is 2.93. The third kappa shape index (κ3) is 2.10. The highest BCUT2D eigenvalue weighted by molar-refractivity contribution is 5.26. The largest absolute Gasteiger partial charge is 0.314 e. The Bertz CT molecular complexity index is 274. The van der Waals surface area contributed by atoms with E-state index in [1.807, 2.05) is 0 Å². The summed E-state index contributed by atoms with van der Waals surface area (Å²) in [4.78, 5) is 0. The van der Waals surface area contributed by atoms with Crippen LogP contribution in [0.15, 0.2) is 24.3 Å². The minimum Gasteiger partial charge on any atom is -0.314 e. The molecule has 1 atom stereocenters. The molecule has 0 saturated carbocycles. The van der Waals surface area contributed by atoms with E-state index in [-0.39, 0.29) is 0 Å². The Labute approximate surface area is 80.2 Å². The summed E-state index contributed by atoms with van der Waals surface area (Å²) in [7, 11) is 0. The van der Waals surface area contributed by atoms with Crippen molar-refractivity contribution >= 4 is 0 Å². The van der Waals surface area contributed by atoms with Gasteiger partial charge >= 0.3 is 0 Å². The second-order valence-corrected chi connectivity index (χ2v) is 3.92. The van der Waals surface area contributed by atoms with Gasteiger partial charge in [0.15, 0.2) is 0 Å². The first kappa shape index (κ1) is 8.76. The molecule has 1 fully saturated rings. The third-order valence-electron chi connectivity index (χ3n) is 2.89. The Morgan fingerprint density at radius 1 is 1.38 bits per heavy atom. The lowest BCUT2D eigenvalue weighted by atomic mass is 10.0. The summed E-state index contributed by atoms with van der Waals surface area (Å²) in [5.74, 6) is 0. The van der Waals surface area contributed by atoms with E-state index in [0.717, 1.165) is 6.04 Å². The lowest BCUT2D eigenvalue weighted by molar-refractivity contribution is 0.601. The molecule has 1 saturated heterocycles. The fourth-order valence-corrected chi connectivity index (χ4v) is 2.04. The van der Waals surface area contributed by atoms with Gasteiger partial charge in [-0.15, -0.1) is 0 Å². The standard InChI is InChI=1S/C12H17N/c1-10-5-2-3-6-11(10)9-12-7-4-8-13-12/h2-3,5-6,12-13H,4,7-9H2,1H3/t12-/m0/s1. The van der Waals surface area contributed by atoms with E-state index in [4.69, 9.17) is 0 Å². The van der Waals surface area contributed by atoms with Gasteiger partial charge < -0.3 is 5.32 Å². The third-order valence-corrected chi connectivity index (χ3v) is 2.89. The topological polar surface area (TPSA) is 12.0 Å². The molecule has 1 aliphatic rings. The van der Waals surface area contributed by atoms with Gasteiger partial charge in [-0.05, 0) is 43.9 Å². The molecule has 0 spiro atoms. The number of hydrogen-bond donors (Lipinski definition) is 1. The van der Waals surface area contributed by atoms with Crippen LogP contribution < -0.4 is 5.32 Å². The molecule has 1 aromatic rings. The van der Waals surface area contributed by atoms with Gasteiger partial charge in [-0.25, -0.2) is 0 Å². The summed E-state index contributed by atoms with van der Waals surface area (Å²) in [6.45, 7) is 3.40. The van der Waals surface area contributed by atoms with Gasteiger partial charge in [0.1, 0.15) is 0 Å². The number of benzene rings is 1. The van der Waals surface area contributed by atoms with Crippen molar-refractivity contribution in [3.63, 3.8) is 0 Å². The molecule has 70 valence electrons. The van der Waals surface area contributed by atoms with Crippen molar-refractivity contribution < 1.29 is 0 Å². The van der Waals surface area contributed by atoms with Crippen LogP contribution in [0.3, 0.4) is 0 Å². The second kappa shape index (κ2) is 3.93. The fraction of sp³-hybridized carbons (Fsp3) is 0.500. The molecule has 0 aliphatic carbocycles. The van der Waals surface area contributed by atoms with Crippen molar-refractivity contribution in [2.24, 2.45) is 0 Å². The maximum atomic E-state index is 3.53. The maximum Gasteiger partial charge on any atom is 0.0108 e. The van der Waals surface area contributed by atoms with E-state index in [9.17, 15) is 0 Å². The molecule has 0 unspecified atom stereocenters. The Kier molecular flexibility index (Phi) is 2.65. The van der Waals surface area contributed by atoms with E-state index in [1.54, 1.807) is 0 Å². The van der Waals surface area contributed by atoms with Gasteiger partial charge in [-0.2, -0.15) is 0 Å². The number of hydrogen-bond acceptors (Lipinski definition) is 1. The molecule has 1 aromatic carbocycles. The molecule has 1 N–H and O–H groups in total. The molecule has 0 bridgehead atoms. The molecule has 1 heterocycles. The highest BCUT2D eigenvalue weighted by atomic mass is 14.9. The summed E-state index contributed by atoms with van der Waals surface area (Å²) in [6.07, 6.45) is 3.89. The lowest BCUT2D eigenvalue weighted by Gasteiger charge is -2.11. The van der Waals surface area contributed by atoms with Crippen LogP contribution in [-0.2, 0) is 6.42 Å². The summed E-state index contributed by atoms with van der Waals surface area (Å²) in [5, 5.41) is 3.53. The molecule has 13 heavy (non-hydrogen) atoms. The van der Waals surface area contributed by atoms with Crippen LogP contribution >= 0.6 is 0 Å². The van der Waals surface area contributed by atoms with Crippen molar-refractivity contribution in [3.8, 4) is 0 Å². The zero-order chi connectivity index (χ0) is 9.10. The molecule has 2 rings (SSSR count). The average molecular weight is 175 g/mol. The zero-order valence-electron chi connectivity index (χ0n) is 8.22. The summed E-state index contributed by atoms with van der Waals surface area (Å²) in [6, 6.07) is 9.42. The molecule has 1 heteroatoms. The van der Waals surface area contributed by atoms with E-state index >= 15 is 0 Å². The molecule has 0 aromatic heterocycles. The van der Waals surface area contributed by atoms with Gasteiger partial charge in [0.05, 0.1) is 0 Å². The Hall–Kier alpha value is -0.820. The SMILES string of the molecule is Cc1ccccc1C[C@@H]1CCCN1. The van der Waals surface area contributed by atoms with Crippen LogP contribution in [0.1, 0.15) is 24.0 Å². The smallest absolute Gasteiger partial charge is 0.0108 e. The van der Waals surface area contributed by atoms with E-state index in [0.29, 0.717) is 0 Å².